The molecule has 0 unspecified atom stereocenters. The summed E-state index contributed by atoms with van der Waals surface area (Å²) in [5.41, 5.74) is 0.714. The summed E-state index contributed by atoms with van der Waals surface area (Å²) in [7, 11) is 1.74. The molecule has 0 atom stereocenters. The van der Waals surface area contributed by atoms with Crippen molar-refractivity contribution in [1.82, 2.24) is 5.32 Å². The third kappa shape index (κ3) is 2.42. The van der Waals surface area contributed by atoms with Gasteiger partial charge in [-0.2, -0.15) is 0 Å². The van der Waals surface area contributed by atoms with Crippen LogP contribution >= 0.6 is 11.6 Å². The van der Waals surface area contributed by atoms with Gasteiger partial charge >= 0.3 is 0 Å². The van der Waals surface area contributed by atoms with E-state index in [0.717, 1.165) is 12.8 Å². The van der Waals surface area contributed by atoms with Crippen LogP contribution in [0.4, 0.5) is 0 Å². The van der Waals surface area contributed by atoms with Crippen LogP contribution in [0.1, 0.15) is 23.2 Å². The molecular formula is C14H16ClNO3. The number of hydrogen-bond acceptors (Lipinski definition) is 4. The summed E-state index contributed by atoms with van der Waals surface area (Å²) in [6.07, 6.45) is 2.26. The van der Waals surface area contributed by atoms with Crippen LogP contribution < -0.4 is 14.8 Å². The van der Waals surface area contributed by atoms with E-state index in [1.54, 1.807) is 19.2 Å². The first kappa shape index (κ1) is 12.8. The molecule has 1 aromatic carbocycles. The molecule has 1 heterocycles. The number of carbonyl (C=O) groups excluding carboxylic acids is 1. The van der Waals surface area contributed by atoms with Crippen molar-refractivity contribution in [2.45, 2.75) is 12.8 Å². The molecule has 1 aliphatic carbocycles. The Balaban J connectivity index is 1.91. The summed E-state index contributed by atoms with van der Waals surface area (Å²) in [5, 5.41) is 3.28. The van der Waals surface area contributed by atoms with Gasteiger partial charge in [-0.3, -0.25) is 4.79 Å². The van der Waals surface area contributed by atoms with E-state index in [1.165, 1.54) is 0 Å². The van der Waals surface area contributed by atoms with Gasteiger partial charge in [0.25, 0.3) is 0 Å². The van der Waals surface area contributed by atoms with Gasteiger partial charge in [0.1, 0.15) is 0 Å². The van der Waals surface area contributed by atoms with E-state index in [4.69, 9.17) is 21.1 Å². The van der Waals surface area contributed by atoms with E-state index in [1.807, 2.05) is 0 Å². The van der Waals surface area contributed by atoms with Gasteiger partial charge in [-0.05, 0) is 32.0 Å². The lowest BCUT2D eigenvalue weighted by Gasteiger charge is -2.10. The molecule has 19 heavy (non-hydrogen) atoms. The minimum Gasteiger partial charge on any atom is -0.489 e. The van der Waals surface area contributed by atoms with Crippen molar-refractivity contribution in [2.24, 2.45) is 5.41 Å². The second kappa shape index (κ2) is 4.69. The number of ketones is 1. The van der Waals surface area contributed by atoms with Crippen molar-refractivity contribution in [1.29, 1.82) is 0 Å². The molecule has 1 aromatic rings. The molecule has 1 saturated carbocycles. The van der Waals surface area contributed by atoms with Crippen LogP contribution in [-0.2, 0) is 0 Å². The van der Waals surface area contributed by atoms with Crippen LogP contribution in [0.2, 0.25) is 5.02 Å². The zero-order valence-electron chi connectivity index (χ0n) is 10.8. The fourth-order valence-electron chi connectivity index (χ4n) is 2.20. The van der Waals surface area contributed by atoms with Crippen molar-refractivity contribution in [3.8, 4) is 11.5 Å². The molecule has 4 nitrogen and oxygen atoms in total. The Morgan fingerprint density at radius 3 is 2.79 bits per heavy atom. The number of fused-ring (bicyclic) bond motifs is 1. The van der Waals surface area contributed by atoms with Crippen LogP contribution in [-0.4, -0.2) is 32.6 Å². The van der Waals surface area contributed by atoms with Gasteiger partial charge in [0.05, 0.1) is 24.8 Å². The molecule has 1 spiro atoms. The van der Waals surface area contributed by atoms with Crippen molar-refractivity contribution in [2.75, 3.05) is 26.8 Å². The fraction of sp³-hybridized carbons (Fsp3) is 0.500. The Hall–Kier alpha value is -1.26. The molecule has 2 aliphatic rings. The molecule has 102 valence electrons. The fourth-order valence-corrected chi connectivity index (χ4v) is 2.47. The van der Waals surface area contributed by atoms with Crippen LogP contribution in [0.3, 0.4) is 0 Å². The molecule has 1 aliphatic heterocycles. The van der Waals surface area contributed by atoms with Gasteiger partial charge in [0, 0.05) is 11.0 Å². The number of Topliss-reactive ketones (excluding diaryl/α,β-unsaturated/α-hetero) is 1. The van der Waals surface area contributed by atoms with Crippen molar-refractivity contribution in [3.05, 3.63) is 22.7 Å². The molecule has 0 bridgehead atoms. The van der Waals surface area contributed by atoms with Gasteiger partial charge in [-0.25, -0.2) is 0 Å². The molecule has 5 heteroatoms. The van der Waals surface area contributed by atoms with E-state index in [9.17, 15) is 4.79 Å². The van der Waals surface area contributed by atoms with E-state index >= 15 is 0 Å². The lowest BCUT2D eigenvalue weighted by atomic mass is 10.1. The zero-order chi connectivity index (χ0) is 13.5. The van der Waals surface area contributed by atoms with Crippen molar-refractivity contribution >= 4 is 17.4 Å². The Kier molecular flexibility index (Phi) is 3.15. The first-order chi connectivity index (χ1) is 9.13. The van der Waals surface area contributed by atoms with Crippen LogP contribution in [0, 0.1) is 5.41 Å². The first-order valence-corrected chi connectivity index (χ1v) is 6.78. The molecule has 1 N–H and O–H groups in total. The average molecular weight is 282 g/mol. The van der Waals surface area contributed by atoms with Gasteiger partial charge in [-0.15, -0.1) is 0 Å². The summed E-state index contributed by atoms with van der Waals surface area (Å²) in [4.78, 5) is 11.9. The highest BCUT2D eigenvalue weighted by Crippen LogP contribution is 2.50. The van der Waals surface area contributed by atoms with E-state index in [2.05, 4.69) is 5.32 Å². The van der Waals surface area contributed by atoms with Crippen molar-refractivity contribution in [3.63, 3.8) is 0 Å². The van der Waals surface area contributed by atoms with E-state index in [0.29, 0.717) is 35.3 Å². The van der Waals surface area contributed by atoms with Gasteiger partial charge in [-0.1, -0.05) is 11.6 Å². The highest BCUT2D eigenvalue weighted by atomic mass is 35.5. The standard InChI is InChI=1S/C14H16ClNO3/c1-16-6-11(17)9-4-10(15)13-12(5-9)18-7-14(2-3-14)8-19-13/h4-5,16H,2-3,6-8H2,1H3. The van der Waals surface area contributed by atoms with Crippen molar-refractivity contribution < 1.29 is 14.3 Å². The maximum Gasteiger partial charge on any atom is 0.179 e. The third-order valence-corrected chi connectivity index (χ3v) is 3.96. The molecule has 0 aromatic heterocycles. The molecule has 1 fully saturated rings. The molecular weight excluding hydrogens is 266 g/mol. The lowest BCUT2D eigenvalue weighted by Crippen LogP contribution is -2.18. The molecule has 0 amide bonds. The Bertz CT molecular complexity index is 526. The maximum absolute atomic E-state index is 11.9. The molecule has 0 saturated heterocycles. The van der Waals surface area contributed by atoms with Gasteiger partial charge in [0.15, 0.2) is 17.3 Å². The summed E-state index contributed by atoms with van der Waals surface area (Å²) in [5.74, 6) is 1.13. The summed E-state index contributed by atoms with van der Waals surface area (Å²) < 4.78 is 11.6. The summed E-state index contributed by atoms with van der Waals surface area (Å²) in [6.45, 7) is 1.56. The number of halogens is 1. The molecule has 0 radical (unpaired) electrons. The van der Waals surface area contributed by atoms with Crippen LogP contribution in [0.25, 0.3) is 0 Å². The second-order valence-electron chi connectivity index (χ2n) is 5.32. The Labute approximate surface area is 117 Å². The number of rotatable bonds is 3. The summed E-state index contributed by atoms with van der Waals surface area (Å²) >= 11 is 6.20. The number of hydrogen-bond donors (Lipinski definition) is 1. The minimum absolute atomic E-state index is 0.0128. The highest BCUT2D eigenvalue weighted by molar-refractivity contribution is 6.32. The predicted octanol–water partition coefficient (Wildman–Crippen LogP) is 2.29. The quantitative estimate of drug-likeness (QED) is 0.864. The summed E-state index contributed by atoms with van der Waals surface area (Å²) in [6, 6.07) is 3.37. The number of nitrogens with one attached hydrogen (secondary N) is 1. The van der Waals surface area contributed by atoms with Crippen LogP contribution in [0.5, 0.6) is 11.5 Å². The minimum atomic E-state index is -0.0128. The van der Waals surface area contributed by atoms with Crippen LogP contribution in [0.15, 0.2) is 12.1 Å². The Morgan fingerprint density at radius 2 is 2.11 bits per heavy atom. The van der Waals surface area contributed by atoms with E-state index < -0.39 is 0 Å². The highest BCUT2D eigenvalue weighted by Gasteiger charge is 2.46. The largest absolute Gasteiger partial charge is 0.489 e. The normalized spacial score (nSPS) is 19.1. The number of likely N-dealkylation sites (N-methyl/N-ethyl adjacent to an activating group) is 1. The number of benzene rings is 1. The predicted molar refractivity (Wildman–Crippen MR) is 72.4 cm³/mol. The monoisotopic (exact) mass is 281 g/mol. The molecule has 3 rings (SSSR count). The number of carbonyl (C=O) groups is 1. The first-order valence-electron chi connectivity index (χ1n) is 6.40. The van der Waals surface area contributed by atoms with Gasteiger partial charge < -0.3 is 14.8 Å². The lowest BCUT2D eigenvalue weighted by molar-refractivity contribution is 0.0993. The number of ether oxygens (including phenoxy) is 2. The zero-order valence-corrected chi connectivity index (χ0v) is 11.5. The smallest absolute Gasteiger partial charge is 0.179 e. The third-order valence-electron chi connectivity index (χ3n) is 3.68. The topological polar surface area (TPSA) is 47.6 Å². The SMILES string of the molecule is CNCC(=O)c1cc(Cl)c2c(c1)OCC1(CC1)CO2. The van der Waals surface area contributed by atoms with E-state index in [-0.39, 0.29) is 17.7 Å². The van der Waals surface area contributed by atoms with Gasteiger partial charge in [0.2, 0.25) is 0 Å². The second-order valence-corrected chi connectivity index (χ2v) is 5.72. The Morgan fingerprint density at radius 1 is 1.37 bits per heavy atom. The maximum atomic E-state index is 11.9. The average Bonchev–Trinajstić information content (AvgIpc) is 3.18.